The predicted molar refractivity (Wildman–Crippen MR) is 85.5 cm³/mol. The van der Waals surface area contributed by atoms with Gasteiger partial charge < -0.3 is 0 Å². The molecular weight excluding hydrogens is 248 g/mol. The summed E-state index contributed by atoms with van der Waals surface area (Å²) in [6, 6.07) is 0. The van der Waals surface area contributed by atoms with Crippen LogP contribution in [-0.4, -0.2) is 12.7 Å². The quantitative estimate of drug-likeness (QED) is 0.363. The van der Waals surface area contributed by atoms with Crippen molar-refractivity contribution in [3.8, 4) is 0 Å². The first-order valence-electron chi connectivity index (χ1n) is 8.42. The summed E-state index contributed by atoms with van der Waals surface area (Å²) in [5.41, 5.74) is 1.06. The number of hydrogen-bond donors (Lipinski definition) is 0. The van der Waals surface area contributed by atoms with Crippen LogP contribution in [0, 0.1) is 16.2 Å². The number of rotatable bonds is 5. The van der Waals surface area contributed by atoms with Crippen LogP contribution >= 0.6 is 0 Å². The maximum Gasteiger partial charge on any atom is 0.0930 e. The van der Waals surface area contributed by atoms with Gasteiger partial charge in [0.1, 0.15) is 0 Å². The Morgan fingerprint density at radius 2 is 1.45 bits per heavy atom. The van der Waals surface area contributed by atoms with Crippen LogP contribution in [0.2, 0.25) is 0 Å². The zero-order valence-electron chi connectivity index (χ0n) is 14.8. The fraction of sp³-hybridized carbons (Fsp3) is 1.00. The van der Waals surface area contributed by atoms with Crippen LogP contribution in [0.5, 0.6) is 0 Å². The minimum atomic E-state index is 0.296. The van der Waals surface area contributed by atoms with E-state index in [1.807, 2.05) is 0 Å². The van der Waals surface area contributed by atoms with Gasteiger partial charge in [-0.25, -0.2) is 9.78 Å². The second-order valence-corrected chi connectivity index (χ2v) is 8.55. The van der Waals surface area contributed by atoms with Gasteiger partial charge in [0.05, 0.1) is 12.7 Å². The second kappa shape index (κ2) is 6.79. The lowest BCUT2D eigenvalue weighted by Crippen LogP contribution is -2.49. The van der Waals surface area contributed by atoms with Crippen molar-refractivity contribution in [2.75, 3.05) is 6.61 Å². The van der Waals surface area contributed by atoms with Crippen molar-refractivity contribution in [2.24, 2.45) is 16.2 Å². The summed E-state index contributed by atoms with van der Waals surface area (Å²) in [5, 5.41) is 0. The van der Waals surface area contributed by atoms with E-state index in [0.29, 0.717) is 22.3 Å². The van der Waals surface area contributed by atoms with Gasteiger partial charge in [-0.3, -0.25) is 0 Å². The molecule has 2 nitrogen and oxygen atoms in total. The first-order chi connectivity index (χ1) is 9.14. The van der Waals surface area contributed by atoms with Gasteiger partial charge in [-0.15, -0.1) is 0 Å². The third-order valence-corrected chi connectivity index (χ3v) is 5.44. The molecule has 0 N–H and O–H groups in total. The summed E-state index contributed by atoms with van der Waals surface area (Å²) in [4.78, 5) is 11.0. The lowest BCUT2D eigenvalue weighted by Gasteiger charge is -2.57. The highest BCUT2D eigenvalue weighted by Crippen LogP contribution is 2.59. The minimum Gasteiger partial charge on any atom is -0.236 e. The highest BCUT2D eigenvalue weighted by molar-refractivity contribution is 5.01. The zero-order valence-corrected chi connectivity index (χ0v) is 14.8. The van der Waals surface area contributed by atoms with Crippen molar-refractivity contribution in [3.05, 3.63) is 0 Å². The molecule has 1 aliphatic rings. The van der Waals surface area contributed by atoms with Crippen molar-refractivity contribution in [3.63, 3.8) is 0 Å². The zero-order chi connectivity index (χ0) is 15.4. The van der Waals surface area contributed by atoms with Crippen LogP contribution in [0.3, 0.4) is 0 Å². The number of hydrogen-bond acceptors (Lipinski definition) is 2. The van der Waals surface area contributed by atoms with E-state index >= 15 is 0 Å². The molecule has 1 fully saturated rings. The third kappa shape index (κ3) is 3.98. The molecule has 0 aliphatic heterocycles. The van der Waals surface area contributed by atoms with E-state index in [-0.39, 0.29) is 0 Å². The minimum absolute atomic E-state index is 0.296. The summed E-state index contributed by atoms with van der Waals surface area (Å²) in [5.74, 6) is 0. The van der Waals surface area contributed by atoms with Gasteiger partial charge in [0.15, 0.2) is 0 Å². The van der Waals surface area contributed by atoms with E-state index in [4.69, 9.17) is 9.78 Å². The fourth-order valence-electron chi connectivity index (χ4n) is 4.15. The Balaban J connectivity index is 2.57. The molecule has 0 atom stereocenters. The third-order valence-electron chi connectivity index (χ3n) is 5.44. The molecule has 120 valence electrons. The normalized spacial score (nSPS) is 21.1. The van der Waals surface area contributed by atoms with Gasteiger partial charge >= 0.3 is 0 Å². The Labute approximate surface area is 126 Å². The Bertz CT molecular complexity index is 259. The fourth-order valence-corrected chi connectivity index (χ4v) is 4.15. The molecule has 0 spiro atoms. The molecule has 0 heterocycles. The van der Waals surface area contributed by atoms with E-state index in [2.05, 4.69) is 48.5 Å². The molecule has 0 radical (unpaired) electrons. The van der Waals surface area contributed by atoms with E-state index in [1.165, 1.54) is 12.8 Å². The second-order valence-electron chi connectivity index (χ2n) is 8.55. The lowest BCUT2D eigenvalue weighted by molar-refractivity contribution is -0.334. The molecule has 20 heavy (non-hydrogen) atoms. The topological polar surface area (TPSA) is 18.5 Å². The molecule has 1 rings (SSSR count). The van der Waals surface area contributed by atoms with Gasteiger partial charge in [0, 0.05) is 0 Å². The molecule has 2 heteroatoms. The Kier molecular flexibility index (Phi) is 6.10. The van der Waals surface area contributed by atoms with Gasteiger partial charge in [0.25, 0.3) is 0 Å². The van der Waals surface area contributed by atoms with Crippen LogP contribution in [0.25, 0.3) is 0 Å². The number of unbranched alkanes of at least 4 members (excludes halogenated alkanes) is 1. The molecule has 0 amide bonds. The Morgan fingerprint density at radius 1 is 0.950 bits per heavy atom. The average Bonchev–Trinajstić information content (AvgIpc) is 2.32. The van der Waals surface area contributed by atoms with Gasteiger partial charge in [-0.1, -0.05) is 54.9 Å². The van der Waals surface area contributed by atoms with E-state index < -0.39 is 0 Å². The van der Waals surface area contributed by atoms with E-state index in [9.17, 15) is 0 Å². The van der Waals surface area contributed by atoms with Crippen molar-refractivity contribution in [2.45, 2.75) is 93.1 Å². The van der Waals surface area contributed by atoms with Gasteiger partial charge in [0.2, 0.25) is 0 Å². The van der Waals surface area contributed by atoms with Crippen molar-refractivity contribution in [1.82, 2.24) is 0 Å². The molecule has 1 aliphatic carbocycles. The molecule has 0 aromatic heterocycles. The van der Waals surface area contributed by atoms with Crippen molar-refractivity contribution < 1.29 is 9.78 Å². The summed E-state index contributed by atoms with van der Waals surface area (Å²) in [7, 11) is 0. The maximum atomic E-state index is 5.60. The molecule has 0 saturated heterocycles. The van der Waals surface area contributed by atoms with Crippen LogP contribution in [0.4, 0.5) is 0 Å². The maximum absolute atomic E-state index is 5.60. The molecule has 0 bridgehead atoms. The first kappa shape index (κ1) is 18.0. The smallest absolute Gasteiger partial charge is 0.0930 e. The Hall–Kier alpha value is -0.0800. The monoisotopic (exact) mass is 284 g/mol. The molecule has 1 saturated carbocycles. The highest BCUT2D eigenvalue weighted by Gasteiger charge is 2.51. The van der Waals surface area contributed by atoms with Crippen LogP contribution in [0.15, 0.2) is 0 Å². The van der Waals surface area contributed by atoms with Gasteiger partial charge in [-0.05, 0) is 48.3 Å². The summed E-state index contributed by atoms with van der Waals surface area (Å²) < 4.78 is 0. The predicted octanol–water partition coefficient (Wildman–Crippen LogP) is 5.76. The summed E-state index contributed by atoms with van der Waals surface area (Å²) in [6.07, 6.45) is 7.27. The SMILES string of the molecule is CCCCOOC1CCC(C(C)(C)C)(C(C)(C)C)CC1. The molecule has 0 unspecified atom stereocenters. The highest BCUT2D eigenvalue weighted by atomic mass is 17.2. The van der Waals surface area contributed by atoms with Crippen LogP contribution < -0.4 is 0 Å². The standard InChI is InChI=1S/C18H36O2/c1-8-9-14-19-20-15-10-12-18(13-11-15,16(2,3)4)17(5,6)7/h15H,8-14H2,1-7H3. The Morgan fingerprint density at radius 3 is 1.85 bits per heavy atom. The summed E-state index contributed by atoms with van der Waals surface area (Å²) in [6.45, 7) is 17.3. The molecular formula is C18H36O2. The average molecular weight is 284 g/mol. The van der Waals surface area contributed by atoms with E-state index in [1.54, 1.807) is 0 Å². The molecule has 0 aromatic carbocycles. The molecule has 0 aromatic rings. The van der Waals surface area contributed by atoms with Gasteiger partial charge in [-0.2, -0.15) is 0 Å². The first-order valence-corrected chi connectivity index (χ1v) is 8.42. The largest absolute Gasteiger partial charge is 0.236 e. The van der Waals surface area contributed by atoms with Crippen molar-refractivity contribution in [1.29, 1.82) is 0 Å². The van der Waals surface area contributed by atoms with E-state index in [0.717, 1.165) is 32.3 Å². The lowest BCUT2D eigenvalue weighted by atomic mass is 9.49. The summed E-state index contributed by atoms with van der Waals surface area (Å²) >= 11 is 0. The van der Waals surface area contributed by atoms with Crippen LogP contribution in [0.1, 0.15) is 87.0 Å². The van der Waals surface area contributed by atoms with Crippen LogP contribution in [-0.2, 0) is 9.78 Å². The van der Waals surface area contributed by atoms with Crippen molar-refractivity contribution >= 4 is 0 Å².